The van der Waals surface area contributed by atoms with Gasteiger partial charge in [0.2, 0.25) is 11.9 Å². The summed E-state index contributed by atoms with van der Waals surface area (Å²) >= 11 is 6.05. The molecule has 1 aliphatic rings. The van der Waals surface area contributed by atoms with E-state index in [1.807, 2.05) is 68.4 Å². The van der Waals surface area contributed by atoms with Crippen LogP contribution in [0.15, 0.2) is 103 Å². The van der Waals surface area contributed by atoms with E-state index in [0.717, 1.165) is 40.6 Å². The van der Waals surface area contributed by atoms with Gasteiger partial charge in [-0.05, 0) is 78.4 Å². The lowest BCUT2D eigenvalue weighted by atomic mass is 9.93. The van der Waals surface area contributed by atoms with Crippen LogP contribution in [0.5, 0.6) is 6.01 Å². The standard InChI is InChI=1S/C42H39ClF3N9O4/c1-40(2,23-48-35(57)36(58)51-32-10-6-4-8-30(32)33-21-26-7-3-5-9-31(26)50-33)22-47-34(56)25-11-17-29(18-12-25)49-37-52-38(54-39(53-37)59-24-42(44,45)46)55-41(19-20-41)27-13-15-28(43)16-14-27/h3-18,21,50H,19-20,22-24H2,1-2H3,(H,47,56)(H,48,57)(H,51,58)(H2,49,52,53,54,55). The molecule has 304 valence electrons. The van der Waals surface area contributed by atoms with E-state index in [2.05, 4.69) is 46.5 Å². The van der Waals surface area contributed by atoms with Gasteiger partial charge in [0.05, 0.1) is 11.2 Å². The molecule has 17 heteroatoms. The van der Waals surface area contributed by atoms with Crippen LogP contribution in [-0.2, 0) is 15.1 Å². The van der Waals surface area contributed by atoms with Crippen LogP contribution in [0.4, 0.5) is 36.4 Å². The summed E-state index contributed by atoms with van der Waals surface area (Å²) in [6, 6.07) is 29.9. The fraction of sp³-hybridized carbons (Fsp3) is 0.238. The van der Waals surface area contributed by atoms with Crippen molar-refractivity contribution in [2.24, 2.45) is 5.41 Å². The summed E-state index contributed by atoms with van der Waals surface area (Å²) in [6.45, 7) is 2.31. The number of aromatic nitrogens is 4. The number of benzene rings is 4. The van der Waals surface area contributed by atoms with Gasteiger partial charge in [0.15, 0.2) is 6.61 Å². The summed E-state index contributed by atoms with van der Waals surface area (Å²) < 4.78 is 43.8. The number of carbonyl (C=O) groups is 3. The second-order valence-corrected chi connectivity index (χ2v) is 15.3. The van der Waals surface area contributed by atoms with Crippen molar-refractivity contribution in [3.8, 4) is 17.3 Å². The van der Waals surface area contributed by atoms with Crippen molar-refractivity contribution < 1.29 is 32.3 Å². The zero-order valence-corrected chi connectivity index (χ0v) is 32.6. The Labute approximate surface area is 341 Å². The molecule has 6 aromatic rings. The number of halogens is 4. The van der Waals surface area contributed by atoms with E-state index in [-0.39, 0.29) is 25.0 Å². The van der Waals surface area contributed by atoms with Crippen LogP contribution in [0.3, 0.4) is 0 Å². The largest absolute Gasteiger partial charge is 0.454 e. The number of hydrogen-bond donors (Lipinski definition) is 6. The molecule has 0 unspecified atom stereocenters. The Hall–Kier alpha value is -6.68. The molecular formula is C42H39ClF3N9O4. The van der Waals surface area contributed by atoms with Crippen molar-refractivity contribution in [3.05, 3.63) is 119 Å². The SMILES string of the molecule is CC(C)(CNC(=O)C(=O)Nc1ccccc1-c1cc2ccccc2[nH]1)CNC(=O)c1ccc(Nc2nc(NC3(c4ccc(Cl)cc4)CC3)nc(OCC(F)(F)F)n2)cc1. The van der Waals surface area contributed by atoms with Gasteiger partial charge in [-0.15, -0.1) is 0 Å². The number of fused-ring (bicyclic) bond motifs is 1. The van der Waals surface area contributed by atoms with Crippen LogP contribution >= 0.6 is 11.6 Å². The van der Waals surface area contributed by atoms with Crippen molar-refractivity contribution in [3.63, 3.8) is 0 Å². The molecule has 0 aliphatic heterocycles. The zero-order valence-electron chi connectivity index (χ0n) is 31.8. The van der Waals surface area contributed by atoms with Crippen LogP contribution in [0, 0.1) is 5.41 Å². The molecule has 0 radical (unpaired) electrons. The number of para-hydroxylation sites is 2. The van der Waals surface area contributed by atoms with Crippen molar-refractivity contribution in [2.45, 2.75) is 38.4 Å². The van der Waals surface area contributed by atoms with Crippen LogP contribution in [0.2, 0.25) is 5.02 Å². The topological polar surface area (TPSA) is 175 Å². The molecule has 0 saturated heterocycles. The third-order valence-corrected chi connectivity index (χ3v) is 9.79. The molecule has 6 N–H and O–H groups in total. The van der Waals surface area contributed by atoms with Gasteiger partial charge in [0.1, 0.15) is 0 Å². The summed E-state index contributed by atoms with van der Waals surface area (Å²) in [5.41, 5.74) is 3.43. The molecule has 1 fully saturated rings. The highest BCUT2D eigenvalue weighted by Gasteiger charge is 2.45. The predicted octanol–water partition coefficient (Wildman–Crippen LogP) is 7.97. The fourth-order valence-corrected chi connectivity index (χ4v) is 6.34. The number of nitrogens with zero attached hydrogens (tertiary/aromatic N) is 3. The third-order valence-electron chi connectivity index (χ3n) is 9.54. The van der Waals surface area contributed by atoms with Crippen LogP contribution in [0.1, 0.15) is 42.6 Å². The molecule has 0 bridgehead atoms. The highest BCUT2D eigenvalue weighted by Crippen LogP contribution is 2.48. The highest BCUT2D eigenvalue weighted by atomic mass is 35.5. The number of nitrogens with one attached hydrogen (secondary N) is 6. The number of carbonyl (C=O) groups excluding carboxylic acids is 3. The first kappa shape index (κ1) is 40.5. The van der Waals surface area contributed by atoms with Gasteiger partial charge < -0.3 is 36.3 Å². The average molecular weight is 826 g/mol. The summed E-state index contributed by atoms with van der Waals surface area (Å²) in [5, 5.41) is 15.9. The molecule has 1 aliphatic carbocycles. The average Bonchev–Trinajstić information content (AvgIpc) is 3.86. The molecule has 0 atom stereocenters. The van der Waals surface area contributed by atoms with Crippen molar-refractivity contribution in [1.82, 2.24) is 30.6 Å². The lowest BCUT2D eigenvalue weighted by molar-refractivity contribution is -0.154. The lowest BCUT2D eigenvalue weighted by Crippen LogP contribution is -2.45. The number of amides is 3. The van der Waals surface area contributed by atoms with E-state index >= 15 is 0 Å². The first-order chi connectivity index (χ1) is 28.1. The second kappa shape index (κ2) is 16.7. The fourth-order valence-electron chi connectivity index (χ4n) is 6.22. The minimum atomic E-state index is -4.61. The number of alkyl halides is 3. The van der Waals surface area contributed by atoms with E-state index in [9.17, 15) is 27.6 Å². The van der Waals surface area contributed by atoms with Crippen LogP contribution in [-0.4, -0.2) is 63.5 Å². The number of H-pyrrole nitrogens is 1. The molecule has 7 rings (SSSR count). The van der Waals surface area contributed by atoms with E-state index in [4.69, 9.17) is 16.3 Å². The minimum Gasteiger partial charge on any atom is -0.454 e. The van der Waals surface area contributed by atoms with Gasteiger partial charge in [-0.3, -0.25) is 14.4 Å². The molecule has 59 heavy (non-hydrogen) atoms. The smallest absolute Gasteiger partial charge is 0.422 e. The van der Waals surface area contributed by atoms with E-state index in [1.54, 1.807) is 48.5 Å². The molecule has 4 aromatic carbocycles. The minimum absolute atomic E-state index is 0.00859. The Bertz CT molecular complexity index is 2460. The molecule has 1 saturated carbocycles. The van der Waals surface area contributed by atoms with Gasteiger partial charge in [-0.25, -0.2) is 0 Å². The van der Waals surface area contributed by atoms with E-state index in [1.165, 1.54) is 0 Å². The normalized spacial score (nSPS) is 13.3. The maximum atomic E-state index is 13.1. The van der Waals surface area contributed by atoms with Gasteiger partial charge in [-0.2, -0.15) is 28.1 Å². The monoisotopic (exact) mass is 825 g/mol. The third kappa shape index (κ3) is 10.4. The number of ether oxygens (including phenoxy) is 1. The van der Waals surface area contributed by atoms with Gasteiger partial charge in [0.25, 0.3) is 5.91 Å². The molecular weight excluding hydrogens is 787 g/mol. The summed E-state index contributed by atoms with van der Waals surface area (Å²) in [4.78, 5) is 54.7. The Morgan fingerprint density at radius 3 is 2.20 bits per heavy atom. The Morgan fingerprint density at radius 2 is 1.49 bits per heavy atom. The van der Waals surface area contributed by atoms with Crippen LogP contribution < -0.4 is 31.3 Å². The first-order valence-electron chi connectivity index (χ1n) is 18.6. The summed E-state index contributed by atoms with van der Waals surface area (Å²) in [7, 11) is 0. The maximum absolute atomic E-state index is 13.1. The number of rotatable bonds is 14. The highest BCUT2D eigenvalue weighted by molar-refractivity contribution is 6.40. The van der Waals surface area contributed by atoms with Gasteiger partial charge >= 0.3 is 24.0 Å². The molecule has 0 spiro atoms. The predicted molar refractivity (Wildman–Crippen MR) is 219 cm³/mol. The van der Waals surface area contributed by atoms with Crippen molar-refractivity contribution in [1.29, 1.82) is 0 Å². The summed E-state index contributed by atoms with van der Waals surface area (Å²) in [6.07, 6.45) is -3.15. The Balaban J connectivity index is 0.928. The zero-order chi connectivity index (χ0) is 41.8. The second-order valence-electron chi connectivity index (χ2n) is 14.9. The molecule has 2 heterocycles. The van der Waals surface area contributed by atoms with E-state index in [0.29, 0.717) is 22.0 Å². The van der Waals surface area contributed by atoms with Crippen molar-refractivity contribution >= 4 is 63.5 Å². The Kier molecular flexibility index (Phi) is 11.4. The molecule has 13 nitrogen and oxygen atoms in total. The molecule has 3 amide bonds. The molecule has 2 aromatic heterocycles. The maximum Gasteiger partial charge on any atom is 0.422 e. The number of hydrogen-bond acceptors (Lipinski definition) is 9. The van der Waals surface area contributed by atoms with E-state index < -0.39 is 47.5 Å². The number of aromatic amines is 1. The van der Waals surface area contributed by atoms with Crippen molar-refractivity contribution in [2.75, 3.05) is 35.6 Å². The van der Waals surface area contributed by atoms with Gasteiger partial charge in [0, 0.05) is 51.5 Å². The number of anilines is 4. The summed E-state index contributed by atoms with van der Waals surface area (Å²) in [5.74, 6) is -2.13. The lowest BCUT2D eigenvalue weighted by Gasteiger charge is -2.25. The van der Waals surface area contributed by atoms with Gasteiger partial charge in [-0.1, -0.05) is 74.0 Å². The quantitative estimate of drug-likeness (QED) is 0.0596. The first-order valence-corrected chi connectivity index (χ1v) is 18.9. The van der Waals surface area contributed by atoms with Crippen LogP contribution in [0.25, 0.3) is 22.2 Å². The Morgan fingerprint density at radius 1 is 0.814 bits per heavy atom.